The maximum absolute atomic E-state index is 12.3. The molecule has 2 N–H and O–H groups in total. The lowest BCUT2D eigenvalue weighted by molar-refractivity contribution is -0.139. The van der Waals surface area contributed by atoms with Crippen molar-refractivity contribution in [1.82, 2.24) is 9.88 Å². The summed E-state index contributed by atoms with van der Waals surface area (Å²) in [6.45, 7) is 1.80. The SMILES string of the molecule is COC(=O)CNC(=O)c1ccc(-c2ccc(C(CC(=NO)c3ccc(=O)n(C)c3)c3ccc(Cl)cc3C)cc2)cc1. The number of amides is 1. The quantitative estimate of drug-likeness (QED) is 0.122. The second-order valence-corrected chi connectivity index (χ2v) is 10.1. The third-order valence-electron chi connectivity index (χ3n) is 6.96. The number of oxime groups is 1. The van der Waals surface area contributed by atoms with Crippen LogP contribution in [0.25, 0.3) is 11.1 Å². The number of rotatable bonds is 9. The number of ether oxygens (including phenoxy) is 1. The average molecular weight is 572 g/mol. The van der Waals surface area contributed by atoms with Crippen LogP contribution in [-0.4, -0.2) is 41.0 Å². The molecule has 0 aliphatic rings. The van der Waals surface area contributed by atoms with Crippen LogP contribution in [0.5, 0.6) is 0 Å². The molecule has 1 amide bonds. The van der Waals surface area contributed by atoms with Crippen molar-refractivity contribution < 1.29 is 19.5 Å². The topological polar surface area (TPSA) is 110 Å². The highest BCUT2D eigenvalue weighted by molar-refractivity contribution is 6.30. The number of aromatic nitrogens is 1. The Kier molecular flexibility index (Phi) is 9.37. The van der Waals surface area contributed by atoms with E-state index in [9.17, 15) is 19.6 Å². The zero-order valence-electron chi connectivity index (χ0n) is 22.9. The highest BCUT2D eigenvalue weighted by Crippen LogP contribution is 2.34. The molecule has 0 radical (unpaired) electrons. The van der Waals surface area contributed by atoms with Crippen LogP contribution in [0, 0.1) is 6.92 Å². The van der Waals surface area contributed by atoms with Crippen molar-refractivity contribution in [3.63, 3.8) is 0 Å². The number of hydrogen-bond donors (Lipinski definition) is 2. The molecule has 3 aromatic carbocycles. The fourth-order valence-electron chi connectivity index (χ4n) is 4.66. The van der Waals surface area contributed by atoms with E-state index < -0.39 is 5.97 Å². The summed E-state index contributed by atoms with van der Waals surface area (Å²) in [5.74, 6) is -1.04. The molecule has 0 aliphatic carbocycles. The summed E-state index contributed by atoms with van der Waals surface area (Å²) in [6, 6.07) is 24.0. The highest BCUT2D eigenvalue weighted by Gasteiger charge is 2.21. The molecular formula is C32H30ClN3O5. The summed E-state index contributed by atoms with van der Waals surface area (Å²) in [6.07, 6.45) is 2.04. The van der Waals surface area contributed by atoms with Crippen molar-refractivity contribution in [2.24, 2.45) is 12.2 Å². The molecule has 1 heterocycles. The Morgan fingerprint density at radius 3 is 2.20 bits per heavy atom. The van der Waals surface area contributed by atoms with Gasteiger partial charge in [-0.3, -0.25) is 14.4 Å². The van der Waals surface area contributed by atoms with E-state index in [1.807, 2.05) is 61.5 Å². The van der Waals surface area contributed by atoms with Gasteiger partial charge in [-0.25, -0.2) is 0 Å². The number of nitrogens with zero attached hydrogens (tertiary/aromatic N) is 2. The van der Waals surface area contributed by atoms with E-state index in [0.29, 0.717) is 28.3 Å². The number of carbonyl (C=O) groups excluding carboxylic acids is 2. The fourth-order valence-corrected chi connectivity index (χ4v) is 4.89. The lowest BCUT2D eigenvalue weighted by Crippen LogP contribution is -2.30. The highest BCUT2D eigenvalue weighted by atomic mass is 35.5. The van der Waals surface area contributed by atoms with E-state index in [1.165, 1.54) is 17.7 Å². The smallest absolute Gasteiger partial charge is 0.325 e. The van der Waals surface area contributed by atoms with Gasteiger partial charge in [0.2, 0.25) is 5.56 Å². The van der Waals surface area contributed by atoms with Gasteiger partial charge in [0, 0.05) is 47.8 Å². The molecule has 1 atom stereocenters. The van der Waals surface area contributed by atoms with Crippen molar-refractivity contribution in [3.8, 4) is 11.1 Å². The van der Waals surface area contributed by atoms with E-state index in [4.69, 9.17) is 11.6 Å². The van der Waals surface area contributed by atoms with Gasteiger partial charge in [0.15, 0.2) is 0 Å². The first-order valence-electron chi connectivity index (χ1n) is 12.9. The standard InChI is InChI=1S/C32H30ClN3O5/c1-20-16-26(33)13-14-27(20)28(17-29(35-40)25-12-15-30(37)36(2)19-25)23-8-4-21(5-9-23)22-6-10-24(11-7-22)32(39)34-18-31(38)41-3/h4-16,19,28,40H,17-18H2,1-3H3,(H,34,39). The molecule has 4 rings (SSSR count). The minimum Gasteiger partial charge on any atom is -0.468 e. The molecular weight excluding hydrogens is 542 g/mol. The molecule has 0 spiro atoms. The van der Waals surface area contributed by atoms with Crippen molar-refractivity contribution in [2.75, 3.05) is 13.7 Å². The summed E-state index contributed by atoms with van der Waals surface area (Å²) < 4.78 is 6.00. The molecule has 41 heavy (non-hydrogen) atoms. The van der Waals surface area contributed by atoms with Crippen LogP contribution in [0.1, 0.15) is 45.0 Å². The number of pyridine rings is 1. The Labute approximate surface area is 242 Å². The molecule has 0 bridgehead atoms. The van der Waals surface area contributed by atoms with Gasteiger partial charge in [0.05, 0.1) is 12.8 Å². The van der Waals surface area contributed by atoms with Crippen LogP contribution in [0.3, 0.4) is 0 Å². The lowest BCUT2D eigenvalue weighted by atomic mass is 9.83. The van der Waals surface area contributed by atoms with Crippen LogP contribution in [-0.2, 0) is 16.6 Å². The number of esters is 1. The first-order chi connectivity index (χ1) is 19.7. The third kappa shape index (κ3) is 7.10. The van der Waals surface area contributed by atoms with Crippen molar-refractivity contribution in [1.29, 1.82) is 0 Å². The summed E-state index contributed by atoms with van der Waals surface area (Å²) in [5, 5.41) is 16.7. The van der Waals surface area contributed by atoms with Crippen molar-refractivity contribution >= 4 is 29.2 Å². The van der Waals surface area contributed by atoms with E-state index in [1.54, 1.807) is 31.4 Å². The van der Waals surface area contributed by atoms with Crippen molar-refractivity contribution in [2.45, 2.75) is 19.3 Å². The van der Waals surface area contributed by atoms with Gasteiger partial charge in [-0.05, 0) is 65.1 Å². The molecule has 4 aromatic rings. The largest absolute Gasteiger partial charge is 0.468 e. The van der Waals surface area contributed by atoms with Gasteiger partial charge in [-0.1, -0.05) is 59.2 Å². The average Bonchev–Trinajstić information content (AvgIpc) is 2.98. The predicted octanol–water partition coefficient (Wildman–Crippen LogP) is 5.32. The van der Waals surface area contributed by atoms with E-state index in [0.717, 1.165) is 27.8 Å². The second-order valence-electron chi connectivity index (χ2n) is 9.63. The Bertz CT molecular complexity index is 1640. The molecule has 0 aliphatic heterocycles. The van der Waals surface area contributed by atoms with Crippen LogP contribution >= 0.6 is 11.6 Å². The number of hydrogen-bond acceptors (Lipinski definition) is 6. The Morgan fingerprint density at radius 2 is 1.61 bits per heavy atom. The van der Waals surface area contributed by atoms with Crippen molar-refractivity contribution in [3.05, 3.63) is 128 Å². The Balaban J connectivity index is 1.62. The van der Waals surface area contributed by atoms with E-state index in [2.05, 4.69) is 15.2 Å². The van der Waals surface area contributed by atoms with Gasteiger partial charge >= 0.3 is 5.97 Å². The first-order valence-corrected chi connectivity index (χ1v) is 13.3. The predicted molar refractivity (Wildman–Crippen MR) is 159 cm³/mol. The fraction of sp³-hybridized carbons (Fsp3) is 0.188. The lowest BCUT2D eigenvalue weighted by Gasteiger charge is -2.21. The molecule has 1 unspecified atom stereocenters. The summed E-state index contributed by atoms with van der Waals surface area (Å²) >= 11 is 6.24. The summed E-state index contributed by atoms with van der Waals surface area (Å²) in [4.78, 5) is 35.5. The molecule has 0 saturated heterocycles. The number of carbonyl (C=O) groups is 2. The second kappa shape index (κ2) is 13.1. The number of methoxy groups -OCH3 is 1. The van der Waals surface area contributed by atoms with Gasteiger partial charge in [-0.15, -0.1) is 0 Å². The Hall–Kier alpha value is -4.69. The number of nitrogens with one attached hydrogen (secondary N) is 1. The zero-order valence-corrected chi connectivity index (χ0v) is 23.7. The summed E-state index contributed by atoms with van der Waals surface area (Å²) in [5.41, 5.74) is 6.30. The minimum atomic E-state index is -0.520. The van der Waals surface area contributed by atoms with Crippen LogP contribution in [0.15, 0.2) is 95.0 Å². The maximum atomic E-state index is 12.3. The van der Waals surface area contributed by atoms with Gasteiger partial charge in [0.1, 0.15) is 6.54 Å². The van der Waals surface area contributed by atoms with Crippen LogP contribution in [0.2, 0.25) is 5.02 Å². The molecule has 0 saturated carbocycles. The zero-order chi connectivity index (χ0) is 29.5. The molecule has 1 aromatic heterocycles. The minimum absolute atomic E-state index is 0.151. The molecule has 8 nitrogen and oxygen atoms in total. The van der Waals surface area contributed by atoms with Gasteiger partial charge in [-0.2, -0.15) is 0 Å². The molecule has 9 heteroatoms. The number of aryl methyl sites for hydroxylation is 2. The van der Waals surface area contributed by atoms with Crippen LogP contribution < -0.4 is 10.9 Å². The first kappa shape index (κ1) is 29.3. The van der Waals surface area contributed by atoms with Crippen LogP contribution in [0.4, 0.5) is 0 Å². The monoisotopic (exact) mass is 571 g/mol. The molecule has 0 fully saturated rings. The third-order valence-corrected chi connectivity index (χ3v) is 7.19. The van der Waals surface area contributed by atoms with Gasteiger partial charge < -0.3 is 19.8 Å². The molecule has 210 valence electrons. The van der Waals surface area contributed by atoms with E-state index in [-0.39, 0.29) is 23.9 Å². The van der Waals surface area contributed by atoms with Gasteiger partial charge in [0.25, 0.3) is 5.91 Å². The maximum Gasteiger partial charge on any atom is 0.325 e. The summed E-state index contributed by atoms with van der Waals surface area (Å²) in [7, 11) is 2.92. The normalized spacial score (nSPS) is 12.0. The number of benzene rings is 3. The number of halogens is 1. The van der Waals surface area contributed by atoms with E-state index >= 15 is 0 Å². The Morgan fingerprint density at radius 1 is 0.976 bits per heavy atom.